The van der Waals surface area contributed by atoms with Gasteiger partial charge in [0.25, 0.3) is 0 Å². The van der Waals surface area contributed by atoms with Gasteiger partial charge in [0.05, 0.1) is 11.6 Å². The summed E-state index contributed by atoms with van der Waals surface area (Å²) in [7, 11) is 4.29. The van der Waals surface area contributed by atoms with Crippen molar-refractivity contribution in [3.63, 3.8) is 0 Å². The van der Waals surface area contributed by atoms with Crippen LogP contribution in [0.3, 0.4) is 0 Å². The molecule has 0 radical (unpaired) electrons. The molecular formula is C17H23N3O. The molecule has 2 atom stereocenters. The molecule has 2 unspecified atom stereocenters. The van der Waals surface area contributed by atoms with Crippen molar-refractivity contribution in [2.24, 2.45) is 0 Å². The monoisotopic (exact) mass is 285 g/mol. The highest BCUT2D eigenvalue weighted by atomic mass is 16.3. The third-order valence-electron chi connectivity index (χ3n) is 4.49. The lowest BCUT2D eigenvalue weighted by molar-refractivity contribution is 0.0635. The van der Waals surface area contributed by atoms with E-state index in [2.05, 4.69) is 28.9 Å². The van der Waals surface area contributed by atoms with Gasteiger partial charge < -0.3 is 14.9 Å². The van der Waals surface area contributed by atoms with Crippen LogP contribution in [0, 0.1) is 0 Å². The predicted octanol–water partition coefficient (Wildman–Crippen LogP) is 1.90. The lowest BCUT2D eigenvalue weighted by atomic mass is 9.98. The smallest absolute Gasteiger partial charge is 0.0806 e. The summed E-state index contributed by atoms with van der Waals surface area (Å²) in [6, 6.07) is 10.4. The molecule has 1 N–H and O–H groups in total. The zero-order chi connectivity index (χ0) is 14.8. The molecule has 1 aliphatic rings. The van der Waals surface area contributed by atoms with Gasteiger partial charge in [0.15, 0.2) is 0 Å². The standard InChI is InChI=1S/C17H23N3O/c1-19-8-9-20(2)15(12-19)11-17(21)14-6-5-13-4-3-7-18-16(13)10-14/h3-7,10,15,17,21H,8-9,11-12H2,1-2H3. The van der Waals surface area contributed by atoms with Gasteiger partial charge in [0.2, 0.25) is 0 Å². The maximum absolute atomic E-state index is 10.6. The van der Waals surface area contributed by atoms with E-state index in [1.165, 1.54) is 0 Å². The summed E-state index contributed by atoms with van der Waals surface area (Å²) >= 11 is 0. The van der Waals surface area contributed by atoms with Crippen LogP contribution in [0.1, 0.15) is 18.1 Å². The van der Waals surface area contributed by atoms with E-state index < -0.39 is 6.10 Å². The van der Waals surface area contributed by atoms with E-state index in [-0.39, 0.29) is 0 Å². The molecule has 4 nitrogen and oxygen atoms in total. The minimum absolute atomic E-state index is 0.401. The Morgan fingerprint density at radius 1 is 1.29 bits per heavy atom. The Kier molecular flexibility index (Phi) is 4.19. The van der Waals surface area contributed by atoms with Crippen LogP contribution >= 0.6 is 0 Å². The number of hydrogen-bond acceptors (Lipinski definition) is 4. The Morgan fingerprint density at radius 2 is 2.14 bits per heavy atom. The Bertz CT molecular complexity index is 616. The molecule has 2 aromatic rings. The number of likely N-dealkylation sites (N-methyl/N-ethyl adjacent to an activating group) is 2. The highest BCUT2D eigenvalue weighted by Crippen LogP contribution is 2.24. The molecule has 1 aromatic heterocycles. The molecule has 3 rings (SSSR count). The van der Waals surface area contributed by atoms with Crippen LogP contribution in [0.2, 0.25) is 0 Å². The molecule has 1 aromatic carbocycles. The quantitative estimate of drug-likeness (QED) is 0.935. The number of aliphatic hydroxyl groups excluding tert-OH is 1. The second-order valence-electron chi connectivity index (χ2n) is 6.10. The highest BCUT2D eigenvalue weighted by Gasteiger charge is 2.25. The van der Waals surface area contributed by atoms with Crippen LogP contribution in [-0.4, -0.2) is 59.7 Å². The number of piperazine rings is 1. The molecule has 0 bridgehead atoms. The topological polar surface area (TPSA) is 39.6 Å². The van der Waals surface area contributed by atoms with Crippen LogP contribution < -0.4 is 0 Å². The van der Waals surface area contributed by atoms with Gasteiger partial charge in [-0.2, -0.15) is 0 Å². The normalized spacial score (nSPS) is 22.5. The largest absolute Gasteiger partial charge is 0.388 e. The van der Waals surface area contributed by atoms with E-state index in [0.717, 1.165) is 42.5 Å². The Hall–Kier alpha value is -1.49. The van der Waals surface area contributed by atoms with Crippen molar-refractivity contribution < 1.29 is 5.11 Å². The maximum atomic E-state index is 10.6. The lowest BCUT2D eigenvalue weighted by Gasteiger charge is -2.38. The molecule has 1 aliphatic heterocycles. The molecule has 21 heavy (non-hydrogen) atoms. The average molecular weight is 285 g/mol. The first-order chi connectivity index (χ1) is 10.1. The first-order valence-electron chi connectivity index (χ1n) is 7.55. The summed E-state index contributed by atoms with van der Waals surface area (Å²) < 4.78 is 0. The number of benzene rings is 1. The molecule has 0 spiro atoms. The van der Waals surface area contributed by atoms with Crippen molar-refractivity contribution >= 4 is 10.9 Å². The van der Waals surface area contributed by atoms with Gasteiger partial charge in [-0.15, -0.1) is 0 Å². The molecule has 1 fully saturated rings. The van der Waals surface area contributed by atoms with Crippen molar-refractivity contribution in [2.45, 2.75) is 18.6 Å². The Morgan fingerprint density at radius 3 is 3.00 bits per heavy atom. The fourth-order valence-corrected chi connectivity index (χ4v) is 3.04. The second-order valence-corrected chi connectivity index (χ2v) is 6.10. The minimum Gasteiger partial charge on any atom is -0.388 e. The van der Waals surface area contributed by atoms with Crippen LogP contribution in [-0.2, 0) is 0 Å². The lowest BCUT2D eigenvalue weighted by Crippen LogP contribution is -2.50. The van der Waals surface area contributed by atoms with Crippen molar-refractivity contribution in [1.82, 2.24) is 14.8 Å². The van der Waals surface area contributed by atoms with E-state index >= 15 is 0 Å². The van der Waals surface area contributed by atoms with E-state index in [4.69, 9.17) is 0 Å². The first kappa shape index (κ1) is 14.4. The van der Waals surface area contributed by atoms with Crippen molar-refractivity contribution in [1.29, 1.82) is 0 Å². The van der Waals surface area contributed by atoms with Crippen LogP contribution in [0.15, 0.2) is 36.5 Å². The average Bonchev–Trinajstić information content (AvgIpc) is 2.50. The SMILES string of the molecule is CN1CCN(C)C(CC(O)c2ccc3cccnc3c2)C1. The third kappa shape index (κ3) is 3.23. The van der Waals surface area contributed by atoms with Gasteiger partial charge in [0, 0.05) is 37.3 Å². The Labute approximate surface area is 126 Å². The summed E-state index contributed by atoms with van der Waals surface area (Å²) in [6.45, 7) is 3.18. The molecule has 0 saturated carbocycles. The second kappa shape index (κ2) is 6.10. The molecule has 0 amide bonds. The number of fused-ring (bicyclic) bond motifs is 1. The molecule has 4 heteroatoms. The zero-order valence-electron chi connectivity index (χ0n) is 12.7. The molecule has 2 heterocycles. The van der Waals surface area contributed by atoms with Crippen LogP contribution in [0.5, 0.6) is 0 Å². The highest BCUT2D eigenvalue weighted by molar-refractivity contribution is 5.78. The van der Waals surface area contributed by atoms with E-state index in [1.807, 2.05) is 30.3 Å². The predicted molar refractivity (Wildman–Crippen MR) is 85.2 cm³/mol. The molecule has 1 saturated heterocycles. The van der Waals surface area contributed by atoms with Gasteiger partial charge in [-0.1, -0.05) is 18.2 Å². The Balaban J connectivity index is 1.75. The van der Waals surface area contributed by atoms with E-state index in [0.29, 0.717) is 6.04 Å². The summed E-state index contributed by atoms with van der Waals surface area (Å²) in [5.74, 6) is 0. The number of nitrogens with zero attached hydrogens (tertiary/aromatic N) is 3. The third-order valence-corrected chi connectivity index (χ3v) is 4.49. The summed E-state index contributed by atoms with van der Waals surface area (Å²) in [5, 5.41) is 11.7. The van der Waals surface area contributed by atoms with Crippen molar-refractivity contribution in [2.75, 3.05) is 33.7 Å². The summed E-state index contributed by atoms with van der Waals surface area (Å²) in [4.78, 5) is 9.05. The van der Waals surface area contributed by atoms with Gasteiger partial charge in [0.1, 0.15) is 0 Å². The van der Waals surface area contributed by atoms with Gasteiger partial charge in [-0.3, -0.25) is 4.98 Å². The molecular weight excluding hydrogens is 262 g/mol. The van der Waals surface area contributed by atoms with Gasteiger partial charge >= 0.3 is 0 Å². The van der Waals surface area contributed by atoms with Gasteiger partial charge in [-0.25, -0.2) is 0 Å². The number of aliphatic hydroxyl groups is 1. The number of rotatable bonds is 3. The van der Waals surface area contributed by atoms with E-state index in [1.54, 1.807) is 6.20 Å². The zero-order valence-corrected chi connectivity index (χ0v) is 12.7. The first-order valence-corrected chi connectivity index (χ1v) is 7.55. The number of pyridine rings is 1. The number of hydrogen-bond donors (Lipinski definition) is 1. The fraction of sp³-hybridized carbons (Fsp3) is 0.471. The maximum Gasteiger partial charge on any atom is 0.0806 e. The van der Waals surface area contributed by atoms with Crippen LogP contribution in [0.4, 0.5) is 0 Å². The fourth-order valence-electron chi connectivity index (χ4n) is 3.04. The molecule has 0 aliphatic carbocycles. The summed E-state index contributed by atoms with van der Waals surface area (Å²) in [5.41, 5.74) is 1.91. The van der Waals surface area contributed by atoms with E-state index in [9.17, 15) is 5.11 Å². The van der Waals surface area contributed by atoms with Gasteiger partial charge in [-0.05, 0) is 38.2 Å². The summed E-state index contributed by atoms with van der Waals surface area (Å²) in [6.07, 6.45) is 2.12. The van der Waals surface area contributed by atoms with Crippen molar-refractivity contribution in [3.8, 4) is 0 Å². The molecule has 112 valence electrons. The van der Waals surface area contributed by atoms with Crippen molar-refractivity contribution in [3.05, 3.63) is 42.1 Å². The number of aromatic nitrogens is 1. The van der Waals surface area contributed by atoms with Crippen LogP contribution in [0.25, 0.3) is 10.9 Å². The minimum atomic E-state index is -0.435.